The number of benzene rings is 12. The predicted octanol–water partition coefficient (Wildman–Crippen LogP) is 24.8. The Balaban J connectivity index is 1.20. The molecule has 2 aromatic heterocycles. The topological polar surface area (TPSA) is 24.3 Å². The molecule has 0 fully saturated rings. The normalized spacial score (nSPS) is 15.0. The molecule has 0 amide bonds. The molecule has 0 saturated carbocycles. The molecule has 2 aliphatic rings. The zero-order valence-corrected chi connectivity index (χ0v) is 60.9. The van der Waals surface area contributed by atoms with Crippen molar-refractivity contribution in [3.63, 3.8) is 0 Å². The molecule has 16 rings (SSSR count). The zero-order valence-electron chi connectivity index (χ0n) is 73.9. The van der Waals surface area contributed by atoms with E-state index >= 15 is 0 Å². The monoisotopic (exact) mass is 1340 g/mol. The van der Waals surface area contributed by atoms with Crippen LogP contribution in [0.1, 0.15) is 150 Å². The molecule has 0 aliphatic carbocycles. The van der Waals surface area contributed by atoms with Crippen molar-refractivity contribution in [3.05, 3.63) is 307 Å². The van der Waals surface area contributed by atoms with Gasteiger partial charge in [0.1, 0.15) is 0 Å². The summed E-state index contributed by atoms with van der Waals surface area (Å²) in [5.41, 5.74) is 18.6. The van der Waals surface area contributed by atoms with Crippen molar-refractivity contribution < 1.29 is 17.8 Å². The average Bonchev–Trinajstić information content (AvgIpc) is 1.63. The molecular formula is C97H91BN4. The van der Waals surface area contributed by atoms with Gasteiger partial charge in [-0.25, -0.2) is 0 Å². The van der Waals surface area contributed by atoms with Gasteiger partial charge in [0.2, 0.25) is 0 Å². The van der Waals surface area contributed by atoms with Crippen LogP contribution in [-0.4, -0.2) is 16.3 Å². The summed E-state index contributed by atoms with van der Waals surface area (Å²) in [5.74, 6) is 0. The average molecular weight is 1340 g/mol. The van der Waals surface area contributed by atoms with E-state index < -0.39 is 89.4 Å². The Kier molecular flexibility index (Phi) is 12.6. The quantitative estimate of drug-likeness (QED) is 0.135. The van der Waals surface area contributed by atoms with Crippen molar-refractivity contribution in [3.8, 4) is 72.6 Å². The van der Waals surface area contributed by atoms with Crippen LogP contribution in [0.5, 0.6) is 0 Å². The van der Waals surface area contributed by atoms with Crippen LogP contribution < -0.4 is 26.2 Å². The highest BCUT2D eigenvalue weighted by molar-refractivity contribution is 7.00. The highest BCUT2D eigenvalue weighted by Crippen LogP contribution is 2.56. The lowest BCUT2D eigenvalue weighted by molar-refractivity contribution is 0.569. The minimum absolute atomic E-state index is 0.0128. The van der Waals surface area contributed by atoms with E-state index in [1.807, 2.05) is 78.9 Å². The summed E-state index contributed by atoms with van der Waals surface area (Å²) in [6.07, 6.45) is 0. The second-order valence-corrected chi connectivity index (χ2v) is 32.7. The molecule has 0 saturated heterocycles. The summed E-state index contributed by atoms with van der Waals surface area (Å²) in [7, 11) is 0. The van der Waals surface area contributed by atoms with Gasteiger partial charge in [-0.2, -0.15) is 0 Å². The Labute approximate surface area is 623 Å². The second kappa shape index (κ2) is 24.5. The van der Waals surface area contributed by atoms with Crippen LogP contribution in [0.2, 0.25) is 0 Å². The van der Waals surface area contributed by atoms with Gasteiger partial charge in [-0.15, -0.1) is 0 Å². The maximum atomic E-state index is 10.2. The molecule has 0 N–H and O–H groups in total. The number of para-hydroxylation sites is 2. The summed E-state index contributed by atoms with van der Waals surface area (Å²) in [4.78, 5) is 10.3. The van der Waals surface area contributed by atoms with Crippen molar-refractivity contribution in [2.75, 3.05) is 9.80 Å². The minimum Gasteiger partial charge on any atom is -0.310 e. The van der Waals surface area contributed by atoms with Crippen molar-refractivity contribution >= 4 is 79.0 Å². The molecule has 0 spiro atoms. The first-order valence-electron chi connectivity index (χ1n) is 42.0. The van der Waals surface area contributed by atoms with E-state index in [1.54, 1.807) is 4.57 Å². The predicted molar refractivity (Wildman–Crippen MR) is 439 cm³/mol. The maximum Gasteiger partial charge on any atom is 0.252 e. The molecule has 502 valence electrons. The number of aromatic nitrogens is 2. The summed E-state index contributed by atoms with van der Waals surface area (Å²) < 4.78 is 127. The van der Waals surface area contributed by atoms with Crippen molar-refractivity contribution in [2.45, 2.75) is 131 Å². The summed E-state index contributed by atoms with van der Waals surface area (Å²) >= 11 is 0. The maximum absolute atomic E-state index is 10.2. The van der Waals surface area contributed by atoms with E-state index in [0.29, 0.717) is 34.0 Å². The number of hydrogen-bond acceptors (Lipinski definition) is 3. The number of hydrogen-bond donors (Lipinski definition) is 0. The molecule has 0 radical (unpaired) electrons. The number of anilines is 6. The lowest BCUT2D eigenvalue weighted by Crippen LogP contribution is -2.61. The molecular weight excluding hydrogens is 1230 g/mol. The molecule has 14 aromatic rings. The third-order valence-electron chi connectivity index (χ3n) is 20.6. The molecule has 12 aromatic carbocycles. The fraction of sp³-hybridized carbons (Fsp3) is 0.206. The molecule has 2 aliphatic heterocycles. The van der Waals surface area contributed by atoms with E-state index in [9.17, 15) is 16.4 Å². The molecule has 0 atom stereocenters. The van der Waals surface area contributed by atoms with Gasteiger partial charge >= 0.3 is 0 Å². The Hall–Kier alpha value is -10.7. The zero-order chi connectivity index (χ0) is 82.3. The van der Waals surface area contributed by atoms with E-state index in [-0.39, 0.29) is 56.0 Å². The van der Waals surface area contributed by atoms with Gasteiger partial charge in [0.05, 0.1) is 51.6 Å². The van der Waals surface area contributed by atoms with Crippen LogP contribution in [-0.2, 0) is 27.1 Å². The van der Waals surface area contributed by atoms with E-state index in [1.165, 1.54) is 0 Å². The first-order valence-corrected chi connectivity index (χ1v) is 35.5. The van der Waals surface area contributed by atoms with Gasteiger partial charge in [-0.3, -0.25) is 4.98 Å². The van der Waals surface area contributed by atoms with Crippen LogP contribution in [0.15, 0.2) is 279 Å². The highest BCUT2D eigenvalue weighted by atomic mass is 15.2. The standard InChI is InChI=1S/C97H91BN4/c1-93(2,3)69-51-68(52-70(55-69)94(4,5)6)67-48-50-81-86(54-67)101(91-76(63-35-22-17-23-36-63)56-71(95(7,8)9)57-77(91)64-37-24-18-25-38-64)87-60-73(100-83-44-30-28-41-74(83)75-42-29-31-45-84(75)100)61-88-90(87)98(81)80-49-47-66(62-33-20-16-21-34-62)53-85(80)102(88)92-78(65-39-26-19-27-40-65)58-72(96(10,11)12)59-79(92)82-43-32-46-89(99-82)97(13,14)15/h16-61H,1-15H3/i16D,20D,21D,28D,29D,30D,31D,33D,34D,41D,42D,44D,45D. The molecule has 0 bridgehead atoms. The largest absolute Gasteiger partial charge is 0.310 e. The first kappa shape index (κ1) is 52.3. The van der Waals surface area contributed by atoms with E-state index in [2.05, 4.69) is 235 Å². The van der Waals surface area contributed by atoms with Gasteiger partial charge in [0.15, 0.2) is 0 Å². The van der Waals surface area contributed by atoms with E-state index in [4.69, 9.17) is 6.35 Å². The van der Waals surface area contributed by atoms with Gasteiger partial charge in [0.25, 0.3) is 6.71 Å². The smallest absolute Gasteiger partial charge is 0.252 e. The molecule has 102 heavy (non-hydrogen) atoms. The van der Waals surface area contributed by atoms with Crippen LogP contribution in [0.3, 0.4) is 0 Å². The fourth-order valence-electron chi connectivity index (χ4n) is 15.0. The fourth-order valence-corrected chi connectivity index (χ4v) is 15.0. The molecule has 5 heteroatoms. The van der Waals surface area contributed by atoms with Gasteiger partial charge in [-0.05, 0) is 172 Å². The van der Waals surface area contributed by atoms with Crippen LogP contribution >= 0.6 is 0 Å². The van der Waals surface area contributed by atoms with Crippen molar-refractivity contribution in [2.24, 2.45) is 0 Å². The third-order valence-corrected chi connectivity index (χ3v) is 20.6. The first-order chi connectivity index (χ1) is 54.1. The van der Waals surface area contributed by atoms with Gasteiger partial charge in [-0.1, -0.05) is 310 Å². The number of nitrogens with zero attached hydrogens (tertiary/aromatic N) is 4. The Morgan fingerprint density at radius 1 is 0.314 bits per heavy atom. The number of fused-ring (bicyclic) bond motifs is 7. The lowest BCUT2D eigenvalue weighted by Gasteiger charge is -2.46. The third kappa shape index (κ3) is 11.6. The molecule has 4 heterocycles. The minimum atomic E-state index is -0.729. The summed E-state index contributed by atoms with van der Waals surface area (Å²) in [6, 6.07) is 63.3. The SMILES string of the molecule is [2H]c1c([2H])c([2H])c(-c2ccc3c(c2)N(c2c(-c4ccccc4)cc(C(C)(C)C)cc2-c2cccc(C(C)(C)C)n2)c2cc(-n4c5c([2H])c([2H])c([2H])c([2H])c5c5c([2H])c([2H])c([2H])c([2H])c54)cc4c2B3c2ccc(-c3cc(C(C)(C)C)cc(C(C)(C)C)c3)cc2N4c2c(-c3ccccc3)cc(C(C)(C)C)cc2-c2ccccc2)c([2H])c1[2H]. The molecule has 0 unspecified atom stereocenters. The van der Waals surface area contributed by atoms with Crippen LogP contribution in [0.25, 0.3) is 94.4 Å². The van der Waals surface area contributed by atoms with Crippen LogP contribution in [0, 0.1) is 0 Å². The van der Waals surface area contributed by atoms with Gasteiger partial charge in [0, 0.05) is 66.9 Å². The molecule has 4 nitrogen and oxygen atoms in total. The number of rotatable bonds is 9. The van der Waals surface area contributed by atoms with Crippen LogP contribution in [0.4, 0.5) is 34.1 Å². The highest BCUT2D eigenvalue weighted by Gasteiger charge is 2.46. The van der Waals surface area contributed by atoms with E-state index in [0.717, 1.165) is 106 Å². The number of pyridine rings is 1. The Morgan fingerprint density at radius 2 is 0.716 bits per heavy atom. The Bertz CT molecular complexity index is 6220. The van der Waals surface area contributed by atoms with Crippen molar-refractivity contribution in [1.29, 1.82) is 0 Å². The summed E-state index contributed by atoms with van der Waals surface area (Å²) in [5, 5.41) is -0.179. The van der Waals surface area contributed by atoms with Crippen molar-refractivity contribution in [1.82, 2.24) is 9.55 Å². The summed E-state index contributed by atoms with van der Waals surface area (Å²) in [6.45, 7) is 32.3. The van der Waals surface area contributed by atoms with Gasteiger partial charge < -0.3 is 14.4 Å². The lowest BCUT2D eigenvalue weighted by atomic mass is 9.33. The Morgan fingerprint density at radius 3 is 1.16 bits per heavy atom. The second-order valence-electron chi connectivity index (χ2n) is 32.7.